The zero-order valence-electron chi connectivity index (χ0n) is 14.4. The molecule has 0 aliphatic carbocycles. The molecule has 0 bridgehead atoms. The molecule has 130 valence electrons. The fourth-order valence-electron chi connectivity index (χ4n) is 3.19. The van der Waals surface area contributed by atoms with E-state index in [2.05, 4.69) is 5.32 Å². The monoisotopic (exact) mass is 325 g/mol. The molecule has 0 aromatic carbocycles. The molecule has 2 fully saturated rings. The lowest BCUT2D eigenvalue weighted by atomic mass is 10.0. The third kappa shape index (κ3) is 4.14. The van der Waals surface area contributed by atoms with Crippen molar-refractivity contribution in [2.45, 2.75) is 51.6 Å². The lowest BCUT2D eigenvalue weighted by molar-refractivity contribution is -0.132. The molecule has 2 saturated heterocycles. The van der Waals surface area contributed by atoms with Gasteiger partial charge in [-0.2, -0.15) is 0 Å². The molecule has 0 aromatic rings. The Hall–Kier alpha value is -1.79. The van der Waals surface area contributed by atoms with Gasteiger partial charge in [0.25, 0.3) is 0 Å². The highest BCUT2D eigenvalue weighted by atomic mass is 16.5. The van der Waals surface area contributed by atoms with E-state index in [0.29, 0.717) is 32.5 Å². The molecule has 2 rings (SSSR count). The van der Waals surface area contributed by atoms with Gasteiger partial charge in [0.15, 0.2) is 0 Å². The van der Waals surface area contributed by atoms with E-state index in [1.54, 1.807) is 9.80 Å². The summed E-state index contributed by atoms with van der Waals surface area (Å²) in [4.78, 5) is 39.3. The van der Waals surface area contributed by atoms with Gasteiger partial charge in [0.05, 0.1) is 13.0 Å². The molecule has 2 aliphatic heterocycles. The Balaban J connectivity index is 1.82. The van der Waals surface area contributed by atoms with Crippen LogP contribution in [0, 0.1) is 5.92 Å². The molecule has 1 atom stereocenters. The van der Waals surface area contributed by atoms with E-state index < -0.39 is 0 Å². The summed E-state index contributed by atoms with van der Waals surface area (Å²) < 4.78 is 4.70. The maximum absolute atomic E-state index is 12.4. The van der Waals surface area contributed by atoms with Crippen molar-refractivity contribution in [1.82, 2.24) is 15.1 Å². The Labute approximate surface area is 137 Å². The fourth-order valence-corrected chi connectivity index (χ4v) is 3.19. The molecule has 1 unspecified atom stereocenters. The number of amides is 3. The second-order valence-corrected chi connectivity index (χ2v) is 7.32. The number of piperidine rings is 1. The molecular formula is C16H27N3O4. The first-order valence-corrected chi connectivity index (χ1v) is 8.16. The number of rotatable bonds is 2. The van der Waals surface area contributed by atoms with Gasteiger partial charge in [0.2, 0.25) is 11.8 Å². The number of carbonyl (C=O) groups is 3. The molecule has 2 heterocycles. The molecule has 3 amide bonds. The van der Waals surface area contributed by atoms with Gasteiger partial charge in [0, 0.05) is 37.6 Å². The summed E-state index contributed by atoms with van der Waals surface area (Å²) in [5, 5.41) is 3.03. The van der Waals surface area contributed by atoms with Gasteiger partial charge >= 0.3 is 6.09 Å². The molecule has 0 saturated carbocycles. The van der Waals surface area contributed by atoms with Crippen LogP contribution in [0.1, 0.15) is 40.0 Å². The maximum atomic E-state index is 12.4. The van der Waals surface area contributed by atoms with Crippen LogP contribution in [0.15, 0.2) is 0 Å². The van der Waals surface area contributed by atoms with Gasteiger partial charge in [-0.05, 0) is 33.6 Å². The van der Waals surface area contributed by atoms with Crippen LogP contribution in [0.3, 0.4) is 0 Å². The summed E-state index contributed by atoms with van der Waals surface area (Å²) in [5.74, 6) is -0.292. The van der Waals surface area contributed by atoms with Crippen LogP contribution in [-0.4, -0.2) is 66.0 Å². The molecule has 7 heteroatoms. The van der Waals surface area contributed by atoms with Crippen molar-refractivity contribution < 1.29 is 19.1 Å². The van der Waals surface area contributed by atoms with Crippen LogP contribution in [0.2, 0.25) is 0 Å². The Morgan fingerprint density at radius 1 is 1.22 bits per heavy atom. The quantitative estimate of drug-likeness (QED) is 0.821. The van der Waals surface area contributed by atoms with Gasteiger partial charge in [-0.3, -0.25) is 9.59 Å². The first-order valence-electron chi connectivity index (χ1n) is 8.16. The normalized spacial score (nSPS) is 23.1. The second kappa shape index (κ2) is 6.76. The molecule has 2 aliphatic rings. The van der Waals surface area contributed by atoms with Crippen LogP contribution in [0.4, 0.5) is 4.79 Å². The summed E-state index contributed by atoms with van der Waals surface area (Å²) in [6.45, 7) is 7.58. The number of nitrogens with zero attached hydrogens (tertiary/aromatic N) is 2. The average molecular weight is 325 g/mol. The first kappa shape index (κ1) is 17.6. The van der Waals surface area contributed by atoms with Crippen LogP contribution < -0.4 is 5.32 Å². The molecule has 23 heavy (non-hydrogen) atoms. The molecule has 0 aromatic heterocycles. The zero-order valence-corrected chi connectivity index (χ0v) is 14.4. The zero-order chi connectivity index (χ0) is 17.2. The minimum atomic E-state index is -0.322. The molecule has 7 nitrogen and oxygen atoms in total. The number of nitrogens with one attached hydrogen (secondary N) is 1. The van der Waals surface area contributed by atoms with E-state index in [9.17, 15) is 14.4 Å². The van der Waals surface area contributed by atoms with Crippen LogP contribution >= 0.6 is 0 Å². The number of carbonyl (C=O) groups excluding carboxylic acids is 3. The van der Waals surface area contributed by atoms with E-state index in [-0.39, 0.29) is 41.8 Å². The average Bonchev–Trinajstić information content (AvgIpc) is 2.89. The summed E-state index contributed by atoms with van der Waals surface area (Å²) >= 11 is 0. The van der Waals surface area contributed by atoms with E-state index in [4.69, 9.17) is 4.74 Å². The SMILES string of the molecule is COC(=O)N1CCC(NC(=O)C2CC(=O)N(C(C)(C)C)C2)CC1. The highest BCUT2D eigenvalue weighted by Crippen LogP contribution is 2.26. The van der Waals surface area contributed by atoms with Gasteiger partial charge in [-0.1, -0.05) is 0 Å². The van der Waals surface area contributed by atoms with Gasteiger partial charge in [-0.25, -0.2) is 4.79 Å². The summed E-state index contributed by atoms with van der Waals surface area (Å²) in [5.41, 5.74) is -0.252. The lowest BCUT2D eigenvalue weighted by Crippen LogP contribution is -2.48. The minimum absolute atomic E-state index is 0.0400. The highest BCUT2D eigenvalue weighted by Gasteiger charge is 2.40. The smallest absolute Gasteiger partial charge is 0.409 e. The molecular weight excluding hydrogens is 298 g/mol. The van der Waals surface area contributed by atoms with Crippen molar-refractivity contribution in [3.05, 3.63) is 0 Å². The van der Waals surface area contributed by atoms with Crippen LogP contribution in [0.5, 0.6) is 0 Å². The Kier molecular flexibility index (Phi) is 5.16. The predicted octanol–water partition coefficient (Wildman–Crippen LogP) is 0.980. The van der Waals surface area contributed by atoms with Crippen molar-refractivity contribution in [1.29, 1.82) is 0 Å². The molecule has 0 spiro atoms. The van der Waals surface area contributed by atoms with E-state index in [1.165, 1.54) is 7.11 Å². The van der Waals surface area contributed by atoms with Crippen LogP contribution in [-0.2, 0) is 14.3 Å². The number of hydrogen-bond acceptors (Lipinski definition) is 4. The van der Waals surface area contributed by atoms with Gasteiger partial charge in [-0.15, -0.1) is 0 Å². The fraction of sp³-hybridized carbons (Fsp3) is 0.812. The maximum Gasteiger partial charge on any atom is 0.409 e. The van der Waals surface area contributed by atoms with Crippen molar-refractivity contribution in [2.24, 2.45) is 5.92 Å². The lowest BCUT2D eigenvalue weighted by Gasteiger charge is -2.33. The Morgan fingerprint density at radius 3 is 2.30 bits per heavy atom. The summed E-state index contributed by atoms with van der Waals surface area (Å²) in [6, 6.07) is 0.0576. The summed E-state index contributed by atoms with van der Waals surface area (Å²) in [6.07, 6.45) is 1.39. The third-order valence-electron chi connectivity index (χ3n) is 4.58. The van der Waals surface area contributed by atoms with E-state index in [0.717, 1.165) is 0 Å². The van der Waals surface area contributed by atoms with Gasteiger partial charge in [0.1, 0.15) is 0 Å². The molecule has 1 N–H and O–H groups in total. The Bertz CT molecular complexity index is 478. The number of ether oxygens (including phenoxy) is 1. The van der Waals surface area contributed by atoms with Gasteiger partial charge < -0.3 is 19.9 Å². The van der Waals surface area contributed by atoms with E-state index in [1.807, 2.05) is 20.8 Å². The largest absolute Gasteiger partial charge is 0.453 e. The first-order chi connectivity index (χ1) is 10.7. The topological polar surface area (TPSA) is 79.0 Å². The van der Waals surface area contributed by atoms with Crippen molar-refractivity contribution in [2.75, 3.05) is 26.7 Å². The third-order valence-corrected chi connectivity index (χ3v) is 4.58. The standard InChI is InChI=1S/C16H27N3O4/c1-16(2,3)19-10-11(9-13(19)20)14(21)17-12-5-7-18(8-6-12)15(22)23-4/h11-12H,5-10H2,1-4H3,(H,17,21). The van der Waals surface area contributed by atoms with Crippen molar-refractivity contribution in [3.8, 4) is 0 Å². The minimum Gasteiger partial charge on any atom is -0.453 e. The number of hydrogen-bond donors (Lipinski definition) is 1. The molecule has 0 radical (unpaired) electrons. The highest BCUT2D eigenvalue weighted by molar-refractivity contribution is 5.89. The predicted molar refractivity (Wildman–Crippen MR) is 84.7 cm³/mol. The van der Waals surface area contributed by atoms with E-state index >= 15 is 0 Å². The number of methoxy groups -OCH3 is 1. The van der Waals surface area contributed by atoms with Crippen molar-refractivity contribution >= 4 is 17.9 Å². The second-order valence-electron chi connectivity index (χ2n) is 7.32. The van der Waals surface area contributed by atoms with Crippen LogP contribution in [0.25, 0.3) is 0 Å². The van der Waals surface area contributed by atoms with Crippen molar-refractivity contribution in [3.63, 3.8) is 0 Å². The number of likely N-dealkylation sites (tertiary alicyclic amines) is 2. The Morgan fingerprint density at radius 2 is 1.83 bits per heavy atom. The summed E-state index contributed by atoms with van der Waals surface area (Å²) in [7, 11) is 1.37.